The van der Waals surface area contributed by atoms with Crippen molar-refractivity contribution in [1.29, 1.82) is 0 Å². The monoisotopic (exact) mass is 1140 g/mol. The van der Waals surface area contributed by atoms with Crippen molar-refractivity contribution >= 4 is 84.9 Å². The first-order chi connectivity index (χ1) is 41.0. The Morgan fingerprint density at radius 2 is 1.07 bits per heavy atom. The highest BCUT2D eigenvalue weighted by atomic mass is 16.3. The van der Waals surface area contributed by atoms with Crippen LogP contribution in [-0.4, -0.2) is 18.3 Å². The van der Waals surface area contributed by atoms with Crippen LogP contribution < -0.4 is 31.1 Å². The minimum absolute atomic E-state index is 0.00272. The summed E-state index contributed by atoms with van der Waals surface area (Å²) in [5, 5.41) is 2.32. The maximum atomic E-state index is 7.31. The molecule has 4 nitrogen and oxygen atoms in total. The van der Waals surface area contributed by atoms with E-state index in [0.717, 1.165) is 46.9 Å². The first-order valence-electron chi connectivity index (χ1n) is 32.6. The van der Waals surface area contributed by atoms with E-state index >= 15 is 0 Å². The molecule has 0 bridgehead atoms. The van der Waals surface area contributed by atoms with Gasteiger partial charge in [-0.15, -0.1) is 0 Å². The molecule has 3 aliphatic heterocycles. The van der Waals surface area contributed by atoms with E-state index in [9.17, 15) is 0 Å². The molecular weight excluding hydrogens is 1050 g/mol. The molecule has 3 atom stereocenters. The van der Waals surface area contributed by atoms with Gasteiger partial charge in [-0.05, 0) is 157 Å². The summed E-state index contributed by atoms with van der Waals surface area (Å²) in [6, 6.07) is 59.8. The average molecular weight is 1140 g/mol. The molecular formula is C82H90BN3O. The minimum atomic E-state index is -0.205. The molecule has 0 radical (unpaired) electrons. The largest absolute Gasteiger partial charge is 0.456 e. The van der Waals surface area contributed by atoms with Crippen LogP contribution in [0.25, 0.3) is 44.2 Å². The SMILES string of the molecule is CC(C)(C)C1=CCC(N(c2ccc(C(C)(C)C)cc2)c2cc3c4c(c2)N2c5c(cc(C(C)(C)C)cc5C5(C)CCCCC25C)B4c2cc4c(cc2N3c2c(-c3ccccc3)cc(C(C)(C)C)cc2-c2ccccc2)oc2cc(C(C)(C)C)ccc24)C=C1. The molecule has 0 N–H and O–H groups in total. The number of fused-ring (bicyclic) bond motifs is 10. The van der Waals surface area contributed by atoms with Crippen LogP contribution in [0, 0.1) is 5.41 Å². The first kappa shape index (κ1) is 57.3. The van der Waals surface area contributed by atoms with Gasteiger partial charge in [0.05, 0.1) is 17.3 Å². The van der Waals surface area contributed by atoms with E-state index in [2.05, 4.69) is 302 Å². The summed E-state index contributed by atoms with van der Waals surface area (Å²) in [4.78, 5) is 8.38. The Kier molecular flexibility index (Phi) is 12.8. The van der Waals surface area contributed by atoms with Crippen molar-refractivity contribution in [1.82, 2.24) is 0 Å². The second-order valence-corrected chi connectivity index (χ2v) is 32.1. The third kappa shape index (κ3) is 9.04. The highest BCUT2D eigenvalue weighted by molar-refractivity contribution is 7.00. The van der Waals surface area contributed by atoms with Crippen LogP contribution in [0.5, 0.6) is 0 Å². The van der Waals surface area contributed by atoms with E-state index in [0.29, 0.717) is 0 Å². The molecule has 0 spiro atoms. The number of rotatable bonds is 6. The third-order valence-electron chi connectivity index (χ3n) is 21.3. The van der Waals surface area contributed by atoms with E-state index in [1.807, 2.05) is 0 Å². The van der Waals surface area contributed by atoms with Gasteiger partial charge in [-0.3, -0.25) is 0 Å². The molecule has 14 rings (SSSR count). The number of nitrogens with zero attached hydrogens (tertiary/aromatic N) is 3. The van der Waals surface area contributed by atoms with Gasteiger partial charge in [0.2, 0.25) is 0 Å². The Balaban J connectivity index is 1.18. The van der Waals surface area contributed by atoms with Crippen molar-refractivity contribution in [3.05, 3.63) is 203 Å². The number of benzene rings is 8. The van der Waals surface area contributed by atoms with Gasteiger partial charge in [0.15, 0.2) is 0 Å². The smallest absolute Gasteiger partial charge is 0.252 e. The van der Waals surface area contributed by atoms with Gasteiger partial charge in [-0.2, -0.15) is 0 Å². The fourth-order valence-corrected chi connectivity index (χ4v) is 15.9. The molecule has 442 valence electrons. The molecule has 0 saturated heterocycles. The lowest BCUT2D eigenvalue weighted by Gasteiger charge is -2.53. The van der Waals surface area contributed by atoms with Gasteiger partial charge in [-0.1, -0.05) is 245 Å². The van der Waals surface area contributed by atoms with Crippen molar-refractivity contribution in [2.75, 3.05) is 14.7 Å². The maximum absolute atomic E-state index is 7.31. The Hall–Kier alpha value is -7.50. The molecule has 5 heteroatoms. The van der Waals surface area contributed by atoms with Crippen molar-refractivity contribution in [3.63, 3.8) is 0 Å². The number of anilines is 7. The average Bonchev–Trinajstić information content (AvgIpc) is 1.56. The van der Waals surface area contributed by atoms with Crippen molar-refractivity contribution in [3.8, 4) is 22.3 Å². The van der Waals surface area contributed by atoms with Gasteiger partial charge in [0.25, 0.3) is 6.71 Å². The number of allylic oxidation sites excluding steroid dienone is 2. The van der Waals surface area contributed by atoms with Crippen LogP contribution in [-0.2, 0) is 27.1 Å². The summed E-state index contributed by atoms with van der Waals surface area (Å²) >= 11 is 0. The van der Waals surface area contributed by atoms with E-state index < -0.39 is 0 Å². The Labute approximate surface area is 520 Å². The molecule has 87 heavy (non-hydrogen) atoms. The molecule has 0 amide bonds. The number of hydrogen-bond acceptors (Lipinski definition) is 4. The second-order valence-electron chi connectivity index (χ2n) is 32.1. The van der Waals surface area contributed by atoms with E-state index in [4.69, 9.17) is 4.42 Å². The normalized spacial score (nSPS) is 19.9. The molecule has 8 aromatic carbocycles. The molecule has 9 aromatic rings. The fraction of sp³-hybridized carbons (Fsp3) is 0.366. The predicted molar refractivity (Wildman–Crippen MR) is 375 cm³/mol. The Bertz CT molecular complexity index is 4250. The quantitative estimate of drug-likeness (QED) is 0.155. The Morgan fingerprint density at radius 3 is 1.66 bits per heavy atom. The molecule has 2 aliphatic carbocycles. The van der Waals surface area contributed by atoms with Crippen molar-refractivity contribution < 1.29 is 4.42 Å². The summed E-state index contributed by atoms with van der Waals surface area (Å²) in [5.74, 6) is 0. The predicted octanol–water partition coefficient (Wildman–Crippen LogP) is 20.9. The molecule has 1 fully saturated rings. The molecule has 1 aromatic heterocycles. The Morgan fingerprint density at radius 1 is 0.494 bits per heavy atom. The van der Waals surface area contributed by atoms with Crippen molar-refractivity contribution in [2.24, 2.45) is 5.41 Å². The second kappa shape index (κ2) is 19.5. The van der Waals surface area contributed by atoms with Crippen LogP contribution >= 0.6 is 0 Å². The zero-order valence-corrected chi connectivity index (χ0v) is 55.1. The molecule has 1 saturated carbocycles. The number of hydrogen-bond donors (Lipinski definition) is 0. The summed E-state index contributed by atoms with van der Waals surface area (Å²) in [6.45, 7) is 40.5. The summed E-state index contributed by atoms with van der Waals surface area (Å²) < 4.78 is 7.31. The molecule has 4 heterocycles. The lowest BCUT2D eigenvalue weighted by Crippen LogP contribution is -2.64. The molecule has 5 aliphatic rings. The van der Waals surface area contributed by atoms with Gasteiger partial charge >= 0.3 is 0 Å². The minimum Gasteiger partial charge on any atom is -0.456 e. The topological polar surface area (TPSA) is 22.9 Å². The van der Waals surface area contributed by atoms with Crippen LogP contribution in [0.3, 0.4) is 0 Å². The standard InChI is InChI=1S/C82H90BN3O/c1-76(2,3)53-30-35-58(36-31-53)84(59-37-32-54(33-38-59)77(4,5)6)60-47-69-73-70(48-60)86-75-65(81(16)40-24-25-41-82(81,86)17)44-57(80(13,14)15)45-67(75)83(73)66-49-64-61-39-34-55(78(7,8)9)46-71(61)87-72(64)50-68(66)85(69)74-62(51-26-20-18-21-27-51)42-56(79(10,11)12)43-63(74)52-28-22-19-23-29-52/h18-23,26-37,39,42-50,59H,24-25,38,40-41H2,1-17H3. The summed E-state index contributed by atoms with van der Waals surface area (Å²) in [5.41, 5.74) is 27.1. The lowest BCUT2D eigenvalue weighted by atomic mass is 9.33. The van der Waals surface area contributed by atoms with Crippen LogP contribution in [0.15, 0.2) is 180 Å². The van der Waals surface area contributed by atoms with Gasteiger partial charge in [0.1, 0.15) is 11.2 Å². The maximum Gasteiger partial charge on any atom is 0.252 e. The van der Waals surface area contributed by atoms with Crippen molar-refractivity contribution in [2.45, 2.75) is 188 Å². The first-order valence-corrected chi connectivity index (χ1v) is 32.6. The van der Waals surface area contributed by atoms with Crippen LogP contribution in [0.2, 0.25) is 0 Å². The molecule has 3 unspecified atom stereocenters. The van der Waals surface area contributed by atoms with E-state index in [-0.39, 0.29) is 50.8 Å². The van der Waals surface area contributed by atoms with Gasteiger partial charge in [-0.25, -0.2) is 0 Å². The zero-order valence-electron chi connectivity index (χ0n) is 55.1. The summed E-state index contributed by atoms with van der Waals surface area (Å²) in [6.07, 6.45) is 13.0. The van der Waals surface area contributed by atoms with Gasteiger partial charge in [0, 0.05) is 67.5 Å². The van der Waals surface area contributed by atoms with Crippen LogP contribution in [0.4, 0.5) is 39.8 Å². The third-order valence-corrected chi connectivity index (χ3v) is 21.3. The van der Waals surface area contributed by atoms with Crippen LogP contribution in [0.1, 0.15) is 178 Å². The van der Waals surface area contributed by atoms with E-state index in [1.165, 1.54) is 119 Å². The fourth-order valence-electron chi connectivity index (χ4n) is 15.9. The highest BCUT2D eigenvalue weighted by Crippen LogP contribution is 2.63. The zero-order chi connectivity index (χ0) is 61.3. The highest BCUT2D eigenvalue weighted by Gasteiger charge is 2.62. The lowest BCUT2D eigenvalue weighted by molar-refractivity contribution is 0.195. The van der Waals surface area contributed by atoms with Gasteiger partial charge < -0.3 is 19.1 Å². The summed E-state index contributed by atoms with van der Waals surface area (Å²) in [7, 11) is 0. The number of furan rings is 1. The van der Waals surface area contributed by atoms with E-state index in [1.54, 1.807) is 0 Å².